The molecule has 1 N–H and O–H groups in total. The molecule has 0 atom stereocenters. The van der Waals surface area contributed by atoms with Gasteiger partial charge in [-0.25, -0.2) is 0 Å². The van der Waals surface area contributed by atoms with Crippen LogP contribution in [0, 0.1) is 0 Å². The van der Waals surface area contributed by atoms with Gasteiger partial charge in [-0.15, -0.1) is 0 Å². The van der Waals surface area contributed by atoms with Crippen LogP contribution in [0.2, 0.25) is 0 Å². The lowest BCUT2D eigenvalue weighted by atomic mass is 10.1. The van der Waals surface area contributed by atoms with Gasteiger partial charge in [-0.1, -0.05) is 12.1 Å². The highest BCUT2D eigenvalue weighted by Crippen LogP contribution is 2.15. The highest BCUT2D eigenvalue weighted by Gasteiger charge is 2.15. The number of benzene rings is 1. The SMILES string of the molecule is CC(C)(C)OC(=O)CCc1ccc(OCc2cn[nH]n2)cc1. The van der Waals surface area contributed by atoms with Gasteiger partial charge in [0.2, 0.25) is 0 Å². The summed E-state index contributed by atoms with van der Waals surface area (Å²) in [6.45, 7) is 5.97. The average Bonchev–Trinajstić information content (AvgIpc) is 2.95. The number of hydrogen-bond acceptors (Lipinski definition) is 5. The van der Waals surface area contributed by atoms with E-state index in [0.717, 1.165) is 17.0 Å². The fourth-order valence-corrected chi connectivity index (χ4v) is 1.84. The van der Waals surface area contributed by atoms with E-state index in [2.05, 4.69) is 15.4 Å². The molecule has 0 saturated heterocycles. The molecule has 0 fully saturated rings. The van der Waals surface area contributed by atoms with Crippen LogP contribution in [0.3, 0.4) is 0 Å². The maximum atomic E-state index is 11.7. The lowest BCUT2D eigenvalue weighted by Gasteiger charge is -2.19. The Morgan fingerprint density at radius 2 is 1.95 bits per heavy atom. The molecule has 0 radical (unpaired) electrons. The van der Waals surface area contributed by atoms with Crippen LogP contribution in [0.1, 0.15) is 38.4 Å². The molecule has 0 aliphatic heterocycles. The maximum Gasteiger partial charge on any atom is 0.306 e. The number of aromatic amines is 1. The molecule has 0 saturated carbocycles. The Labute approximate surface area is 129 Å². The molecular weight excluding hydrogens is 282 g/mol. The number of hydrogen-bond donors (Lipinski definition) is 1. The molecule has 1 aromatic carbocycles. The van der Waals surface area contributed by atoms with Gasteiger partial charge in [0.25, 0.3) is 0 Å². The van der Waals surface area contributed by atoms with Crippen molar-refractivity contribution in [3.05, 3.63) is 41.7 Å². The van der Waals surface area contributed by atoms with Crippen molar-refractivity contribution >= 4 is 5.97 Å². The zero-order chi connectivity index (χ0) is 16.0. The molecule has 0 unspecified atom stereocenters. The van der Waals surface area contributed by atoms with Gasteiger partial charge in [-0.3, -0.25) is 4.79 Å². The van der Waals surface area contributed by atoms with Gasteiger partial charge in [0, 0.05) is 6.42 Å². The van der Waals surface area contributed by atoms with Crippen LogP contribution in [0.4, 0.5) is 0 Å². The predicted octanol–water partition coefficient (Wildman–Crippen LogP) is 2.66. The van der Waals surface area contributed by atoms with Crippen molar-refractivity contribution < 1.29 is 14.3 Å². The quantitative estimate of drug-likeness (QED) is 0.830. The third kappa shape index (κ3) is 5.55. The normalized spacial score (nSPS) is 11.2. The van der Waals surface area contributed by atoms with E-state index in [-0.39, 0.29) is 5.97 Å². The summed E-state index contributed by atoms with van der Waals surface area (Å²) in [4.78, 5) is 11.7. The minimum absolute atomic E-state index is 0.182. The number of esters is 1. The Hall–Kier alpha value is -2.37. The number of aryl methyl sites for hydroxylation is 1. The monoisotopic (exact) mass is 303 g/mol. The van der Waals surface area contributed by atoms with Crippen molar-refractivity contribution in [2.75, 3.05) is 0 Å². The van der Waals surface area contributed by atoms with Crippen LogP contribution in [0.25, 0.3) is 0 Å². The van der Waals surface area contributed by atoms with E-state index in [9.17, 15) is 4.79 Å². The first kappa shape index (κ1) is 16.0. The second kappa shape index (κ2) is 7.06. The van der Waals surface area contributed by atoms with Gasteiger partial charge in [0.05, 0.1) is 6.20 Å². The van der Waals surface area contributed by atoms with Crippen molar-refractivity contribution in [2.45, 2.75) is 45.8 Å². The van der Waals surface area contributed by atoms with Gasteiger partial charge in [-0.2, -0.15) is 15.4 Å². The summed E-state index contributed by atoms with van der Waals surface area (Å²) >= 11 is 0. The van der Waals surface area contributed by atoms with E-state index in [4.69, 9.17) is 9.47 Å². The average molecular weight is 303 g/mol. The fraction of sp³-hybridized carbons (Fsp3) is 0.438. The predicted molar refractivity (Wildman–Crippen MR) is 81.3 cm³/mol. The van der Waals surface area contributed by atoms with E-state index >= 15 is 0 Å². The van der Waals surface area contributed by atoms with Crippen LogP contribution in [-0.4, -0.2) is 27.0 Å². The second-order valence-corrected chi connectivity index (χ2v) is 5.98. The molecular formula is C16H21N3O3. The molecule has 6 nitrogen and oxygen atoms in total. The van der Waals surface area contributed by atoms with Gasteiger partial charge in [-0.05, 0) is 44.9 Å². The third-order valence-corrected chi connectivity index (χ3v) is 2.81. The minimum Gasteiger partial charge on any atom is -0.487 e. The lowest BCUT2D eigenvalue weighted by Crippen LogP contribution is -2.23. The summed E-state index contributed by atoms with van der Waals surface area (Å²) in [7, 11) is 0. The third-order valence-electron chi connectivity index (χ3n) is 2.81. The molecule has 2 rings (SSSR count). The van der Waals surface area contributed by atoms with Crippen LogP contribution in [-0.2, 0) is 22.6 Å². The smallest absolute Gasteiger partial charge is 0.306 e. The van der Waals surface area contributed by atoms with Crippen LogP contribution in [0.15, 0.2) is 30.5 Å². The minimum atomic E-state index is -0.435. The molecule has 118 valence electrons. The van der Waals surface area contributed by atoms with Crippen LogP contribution in [0.5, 0.6) is 5.75 Å². The van der Waals surface area contributed by atoms with Crippen molar-refractivity contribution in [2.24, 2.45) is 0 Å². The van der Waals surface area contributed by atoms with E-state index in [1.165, 1.54) is 0 Å². The summed E-state index contributed by atoms with van der Waals surface area (Å²) in [5.41, 5.74) is 1.38. The first-order valence-electron chi connectivity index (χ1n) is 7.20. The molecule has 0 bridgehead atoms. The summed E-state index contributed by atoms with van der Waals surface area (Å²) in [5, 5.41) is 10.2. The van der Waals surface area contributed by atoms with Crippen molar-refractivity contribution in [1.82, 2.24) is 15.4 Å². The highest BCUT2D eigenvalue weighted by molar-refractivity contribution is 5.70. The molecule has 6 heteroatoms. The van der Waals surface area contributed by atoms with Crippen molar-refractivity contribution in [3.8, 4) is 5.75 Å². The largest absolute Gasteiger partial charge is 0.487 e. The summed E-state index contributed by atoms with van der Waals surface area (Å²) in [5.74, 6) is 0.572. The summed E-state index contributed by atoms with van der Waals surface area (Å²) < 4.78 is 10.9. The van der Waals surface area contributed by atoms with Gasteiger partial charge in [0.1, 0.15) is 23.7 Å². The van der Waals surface area contributed by atoms with Gasteiger partial charge >= 0.3 is 5.97 Å². The number of carbonyl (C=O) groups is 1. The first-order valence-corrected chi connectivity index (χ1v) is 7.20. The number of aromatic nitrogens is 3. The Morgan fingerprint density at radius 3 is 2.55 bits per heavy atom. The number of nitrogens with one attached hydrogen (secondary N) is 1. The Balaban J connectivity index is 1.78. The van der Waals surface area contributed by atoms with E-state index in [1.807, 2.05) is 45.0 Å². The Kier molecular flexibility index (Phi) is 5.14. The molecule has 0 aliphatic rings. The first-order chi connectivity index (χ1) is 10.4. The van der Waals surface area contributed by atoms with Crippen LogP contribution < -0.4 is 4.74 Å². The zero-order valence-corrected chi connectivity index (χ0v) is 13.1. The number of carbonyl (C=O) groups excluding carboxylic acids is 1. The van der Waals surface area contributed by atoms with Crippen molar-refractivity contribution in [3.63, 3.8) is 0 Å². The Bertz CT molecular complexity index is 586. The number of nitrogens with zero attached hydrogens (tertiary/aromatic N) is 2. The number of H-pyrrole nitrogens is 1. The summed E-state index contributed by atoms with van der Waals surface area (Å²) in [6, 6.07) is 7.65. The highest BCUT2D eigenvalue weighted by atomic mass is 16.6. The molecule has 0 spiro atoms. The maximum absolute atomic E-state index is 11.7. The molecule has 2 aromatic rings. The summed E-state index contributed by atoms with van der Waals surface area (Å²) in [6.07, 6.45) is 2.64. The molecule has 1 heterocycles. The number of ether oxygens (including phenoxy) is 2. The topological polar surface area (TPSA) is 77.1 Å². The lowest BCUT2D eigenvalue weighted by molar-refractivity contribution is -0.154. The molecule has 1 aromatic heterocycles. The molecule has 0 amide bonds. The fourth-order valence-electron chi connectivity index (χ4n) is 1.84. The number of rotatable bonds is 6. The zero-order valence-electron chi connectivity index (χ0n) is 13.1. The van der Waals surface area contributed by atoms with E-state index in [0.29, 0.717) is 19.4 Å². The Morgan fingerprint density at radius 1 is 1.23 bits per heavy atom. The van der Waals surface area contributed by atoms with E-state index in [1.54, 1.807) is 6.20 Å². The van der Waals surface area contributed by atoms with E-state index < -0.39 is 5.60 Å². The second-order valence-electron chi connectivity index (χ2n) is 5.98. The van der Waals surface area contributed by atoms with Crippen molar-refractivity contribution in [1.29, 1.82) is 0 Å². The van der Waals surface area contributed by atoms with Gasteiger partial charge < -0.3 is 9.47 Å². The molecule has 0 aliphatic carbocycles. The standard InChI is InChI=1S/C16H21N3O3/c1-16(2,3)22-15(20)9-6-12-4-7-14(8-5-12)21-11-13-10-17-19-18-13/h4-5,7-8,10H,6,9,11H2,1-3H3,(H,17,18,19). The van der Waals surface area contributed by atoms with Gasteiger partial charge in [0.15, 0.2) is 0 Å². The molecule has 22 heavy (non-hydrogen) atoms. The van der Waals surface area contributed by atoms with Crippen LogP contribution >= 0.6 is 0 Å².